The Bertz CT molecular complexity index is 619. The average molecular weight is 371 g/mol. The summed E-state index contributed by atoms with van der Waals surface area (Å²) in [7, 11) is -0.617. The van der Waals surface area contributed by atoms with Gasteiger partial charge in [0.25, 0.3) is 0 Å². The van der Waals surface area contributed by atoms with Crippen LogP contribution in [-0.2, 0) is 19.5 Å². The number of carbonyl (C=O) groups is 1. The maximum absolute atomic E-state index is 12.8. The van der Waals surface area contributed by atoms with Crippen molar-refractivity contribution < 1.29 is 28.8 Å². The lowest BCUT2D eigenvalue weighted by molar-refractivity contribution is -0.152. The van der Waals surface area contributed by atoms with Crippen LogP contribution < -0.4 is 0 Å². The highest BCUT2D eigenvalue weighted by molar-refractivity contribution is 7.45. The predicted molar refractivity (Wildman–Crippen MR) is 94.9 cm³/mol. The molecule has 0 bridgehead atoms. The van der Waals surface area contributed by atoms with Gasteiger partial charge < -0.3 is 24.3 Å². The maximum atomic E-state index is 12.8. The molecular weight excluding hydrogens is 345 g/mol. The molecule has 1 aliphatic carbocycles. The van der Waals surface area contributed by atoms with Crippen LogP contribution in [-0.4, -0.2) is 52.3 Å². The first-order valence-corrected chi connectivity index (χ1v) is 9.53. The third-order valence-corrected chi connectivity index (χ3v) is 4.01. The molecule has 0 radical (unpaired) electrons. The number of carbonyl (C=O) groups excluding carboxylic acids is 1. The quantitative estimate of drug-likeness (QED) is 0.421. The second-order valence-electron chi connectivity index (χ2n) is 5.95. The van der Waals surface area contributed by atoms with Gasteiger partial charge in [-0.25, -0.2) is 4.57 Å². The van der Waals surface area contributed by atoms with Gasteiger partial charge >= 0.3 is 13.8 Å². The molecular formula is C17H26NO6P. The lowest BCUT2D eigenvalue weighted by Crippen LogP contribution is -2.54. The zero-order valence-corrected chi connectivity index (χ0v) is 15.6. The van der Waals surface area contributed by atoms with Gasteiger partial charge in [0, 0.05) is 6.04 Å². The normalized spacial score (nSPS) is 22.9. The Morgan fingerprint density at radius 1 is 1.28 bits per heavy atom. The van der Waals surface area contributed by atoms with Crippen molar-refractivity contribution in [2.45, 2.75) is 31.2 Å². The summed E-state index contributed by atoms with van der Waals surface area (Å²) >= 11 is 0. The monoisotopic (exact) mass is 371 g/mol. The largest absolute Gasteiger partial charge is 0.466 e. The molecule has 0 fully saturated rings. The Labute approximate surface area is 148 Å². The van der Waals surface area contributed by atoms with Gasteiger partial charge in [-0.1, -0.05) is 42.5 Å². The molecule has 140 valence electrons. The Hall–Kier alpha value is -1.50. The van der Waals surface area contributed by atoms with E-state index in [0.29, 0.717) is 6.61 Å². The third kappa shape index (κ3) is 6.06. The minimum Gasteiger partial charge on any atom is -0.465 e. The fourth-order valence-electron chi connectivity index (χ4n) is 3.11. The van der Waals surface area contributed by atoms with Crippen LogP contribution in [0, 0.1) is 0 Å². The summed E-state index contributed by atoms with van der Waals surface area (Å²) in [5.41, 5.74) is 0.441. The van der Waals surface area contributed by atoms with Gasteiger partial charge in [-0.05, 0) is 39.4 Å². The molecule has 1 aromatic rings. The number of benzene rings is 1. The van der Waals surface area contributed by atoms with E-state index < -0.39 is 13.2 Å². The Morgan fingerprint density at radius 2 is 1.84 bits per heavy atom. The lowest BCUT2D eigenvalue weighted by atomic mass is 9.68. The molecule has 3 N–H and O–H groups in total. The fraction of sp³-hybridized carbons (Fsp3) is 0.471. The first-order chi connectivity index (χ1) is 11.6. The van der Waals surface area contributed by atoms with E-state index in [1.165, 1.54) is 0 Å². The molecule has 0 heterocycles. The summed E-state index contributed by atoms with van der Waals surface area (Å²) in [6.07, 6.45) is 5.98. The van der Waals surface area contributed by atoms with Crippen LogP contribution in [0.4, 0.5) is 0 Å². The smallest absolute Gasteiger partial charge is 0.465 e. The van der Waals surface area contributed by atoms with Crippen LogP contribution in [0.1, 0.15) is 25.3 Å². The summed E-state index contributed by atoms with van der Waals surface area (Å²) in [6, 6.07) is 10.0. The first kappa shape index (κ1) is 21.5. The van der Waals surface area contributed by atoms with Crippen molar-refractivity contribution >= 4 is 13.8 Å². The average Bonchev–Trinajstić information content (AvgIpc) is 2.54. The minimum absolute atomic E-state index is 0.0256. The second kappa shape index (κ2) is 9.27. The molecule has 0 aliphatic heterocycles. The summed E-state index contributed by atoms with van der Waals surface area (Å²) in [6.45, 7) is 2.28. The predicted octanol–water partition coefficient (Wildman–Crippen LogP) is 1.84. The van der Waals surface area contributed by atoms with Gasteiger partial charge in [0.15, 0.2) is 0 Å². The molecule has 2 rings (SSSR count). The number of phosphoric acid groups is 1. The SMILES string of the molecule is CCOC(=O)[C@@]1(c2ccccc2)CCC=C[C@@H]1N(C)C.O=P(O)(O)O. The van der Waals surface area contributed by atoms with E-state index in [-0.39, 0.29) is 12.0 Å². The standard InChI is InChI=1S/C17H23NO2.H3O4P/c1-4-20-16(19)17(14-10-6-5-7-11-14)13-9-8-12-15(17)18(2)3;1-5(2,3)4/h5-8,10-12,15H,4,9,13H2,1-3H3;(H3,1,2,3,4)/t15-,17+;/m0./s1. The number of hydrogen-bond donors (Lipinski definition) is 3. The molecule has 0 unspecified atom stereocenters. The second-order valence-corrected chi connectivity index (χ2v) is 6.97. The van der Waals surface area contributed by atoms with E-state index in [4.69, 9.17) is 24.0 Å². The number of hydrogen-bond acceptors (Lipinski definition) is 4. The van der Waals surface area contributed by atoms with E-state index in [0.717, 1.165) is 18.4 Å². The van der Waals surface area contributed by atoms with Crippen molar-refractivity contribution in [2.75, 3.05) is 20.7 Å². The van der Waals surface area contributed by atoms with E-state index >= 15 is 0 Å². The lowest BCUT2D eigenvalue weighted by Gasteiger charge is -2.42. The fourth-order valence-corrected chi connectivity index (χ4v) is 3.11. The van der Waals surface area contributed by atoms with Crippen molar-refractivity contribution in [3.63, 3.8) is 0 Å². The van der Waals surface area contributed by atoms with Crippen LogP contribution in [0.25, 0.3) is 0 Å². The van der Waals surface area contributed by atoms with E-state index in [9.17, 15) is 4.79 Å². The molecule has 7 nitrogen and oxygen atoms in total. The van der Waals surface area contributed by atoms with Crippen molar-refractivity contribution in [3.05, 3.63) is 48.0 Å². The molecule has 1 aliphatic rings. The minimum atomic E-state index is -4.64. The van der Waals surface area contributed by atoms with Gasteiger partial charge in [0.1, 0.15) is 5.41 Å². The molecule has 25 heavy (non-hydrogen) atoms. The summed E-state index contributed by atoms with van der Waals surface area (Å²) < 4.78 is 14.3. The van der Waals surface area contributed by atoms with Crippen molar-refractivity contribution in [1.29, 1.82) is 0 Å². The topological polar surface area (TPSA) is 107 Å². The maximum Gasteiger partial charge on any atom is 0.466 e. The van der Waals surface area contributed by atoms with Gasteiger partial charge in [-0.3, -0.25) is 4.79 Å². The van der Waals surface area contributed by atoms with Crippen LogP contribution in [0.2, 0.25) is 0 Å². The first-order valence-electron chi connectivity index (χ1n) is 7.97. The zero-order chi connectivity index (χ0) is 19.1. The van der Waals surface area contributed by atoms with Crippen molar-refractivity contribution in [3.8, 4) is 0 Å². The molecule has 2 atom stereocenters. The van der Waals surface area contributed by atoms with E-state index in [1.807, 2.05) is 51.4 Å². The number of likely N-dealkylation sites (N-methyl/N-ethyl adjacent to an activating group) is 1. The van der Waals surface area contributed by atoms with Crippen LogP contribution in [0.3, 0.4) is 0 Å². The number of rotatable bonds is 4. The molecule has 0 saturated heterocycles. The van der Waals surface area contributed by atoms with Crippen molar-refractivity contribution in [1.82, 2.24) is 4.90 Å². The summed E-state index contributed by atoms with van der Waals surface area (Å²) in [5.74, 6) is -0.116. The summed E-state index contributed by atoms with van der Waals surface area (Å²) in [5, 5.41) is 0. The molecule has 8 heteroatoms. The van der Waals surface area contributed by atoms with Crippen LogP contribution in [0.5, 0.6) is 0 Å². The Morgan fingerprint density at radius 3 is 2.32 bits per heavy atom. The highest BCUT2D eigenvalue weighted by Gasteiger charge is 2.49. The third-order valence-electron chi connectivity index (χ3n) is 4.01. The molecule has 0 saturated carbocycles. The Balaban J connectivity index is 0.000000550. The molecule has 0 aromatic heterocycles. The van der Waals surface area contributed by atoms with Gasteiger partial charge in [-0.2, -0.15) is 0 Å². The van der Waals surface area contributed by atoms with Gasteiger partial charge in [-0.15, -0.1) is 0 Å². The van der Waals surface area contributed by atoms with Crippen molar-refractivity contribution in [2.24, 2.45) is 0 Å². The van der Waals surface area contributed by atoms with E-state index in [1.54, 1.807) is 0 Å². The Kier molecular flexibility index (Phi) is 7.99. The highest BCUT2D eigenvalue weighted by Crippen LogP contribution is 2.40. The number of allylic oxidation sites excluding steroid dienone is 1. The number of nitrogens with zero attached hydrogens (tertiary/aromatic N) is 1. The number of ether oxygens (including phenoxy) is 1. The van der Waals surface area contributed by atoms with Gasteiger partial charge in [0.2, 0.25) is 0 Å². The highest BCUT2D eigenvalue weighted by atomic mass is 31.2. The summed E-state index contributed by atoms with van der Waals surface area (Å²) in [4.78, 5) is 36.4. The molecule has 0 spiro atoms. The number of esters is 1. The van der Waals surface area contributed by atoms with E-state index in [2.05, 4.69) is 17.1 Å². The van der Waals surface area contributed by atoms with Crippen LogP contribution in [0.15, 0.2) is 42.5 Å². The van der Waals surface area contributed by atoms with Gasteiger partial charge in [0.05, 0.1) is 6.61 Å². The zero-order valence-electron chi connectivity index (χ0n) is 14.7. The van der Waals surface area contributed by atoms with Crippen LogP contribution >= 0.6 is 7.82 Å². The molecule has 0 amide bonds. The molecule has 1 aromatic carbocycles.